The molecule has 1 aromatic rings. The molecule has 0 spiro atoms. The molecular formula is C15H20N2O2S. The predicted molar refractivity (Wildman–Crippen MR) is 82.1 cm³/mol. The van der Waals surface area contributed by atoms with Crippen LogP contribution in [0.5, 0.6) is 0 Å². The van der Waals surface area contributed by atoms with Gasteiger partial charge in [-0.15, -0.1) is 0 Å². The summed E-state index contributed by atoms with van der Waals surface area (Å²) >= 11 is 1.78. The lowest BCUT2D eigenvalue weighted by molar-refractivity contribution is 0.0317. The SMILES string of the molecule is CN=C1NC(c2cccc(COC3CCOC3)c2)CS1. The number of hydrogen-bond acceptors (Lipinski definition) is 4. The van der Waals surface area contributed by atoms with Gasteiger partial charge in [0.1, 0.15) is 0 Å². The molecule has 2 fully saturated rings. The quantitative estimate of drug-likeness (QED) is 0.925. The minimum atomic E-state index is 0.262. The number of benzene rings is 1. The van der Waals surface area contributed by atoms with Gasteiger partial charge in [-0.05, 0) is 17.5 Å². The summed E-state index contributed by atoms with van der Waals surface area (Å²) in [5.74, 6) is 1.04. The molecule has 2 atom stereocenters. The molecule has 2 unspecified atom stereocenters. The Labute approximate surface area is 123 Å². The number of aliphatic imine (C=N–C) groups is 1. The van der Waals surface area contributed by atoms with Crippen molar-refractivity contribution >= 4 is 16.9 Å². The molecule has 108 valence electrons. The molecule has 1 N–H and O–H groups in total. The third-order valence-electron chi connectivity index (χ3n) is 3.61. The smallest absolute Gasteiger partial charge is 0.156 e. The lowest BCUT2D eigenvalue weighted by Crippen LogP contribution is -2.19. The molecule has 4 nitrogen and oxygen atoms in total. The van der Waals surface area contributed by atoms with E-state index in [0.29, 0.717) is 12.6 Å². The summed E-state index contributed by atoms with van der Waals surface area (Å²) < 4.78 is 11.2. The topological polar surface area (TPSA) is 42.9 Å². The molecule has 0 bridgehead atoms. The Hall–Kier alpha value is -1.04. The van der Waals surface area contributed by atoms with Gasteiger partial charge in [-0.3, -0.25) is 4.99 Å². The molecule has 2 aliphatic heterocycles. The van der Waals surface area contributed by atoms with E-state index in [0.717, 1.165) is 30.6 Å². The summed E-state index contributed by atoms with van der Waals surface area (Å²) in [6.07, 6.45) is 1.27. The first-order valence-corrected chi connectivity index (χ1v) is 7.98. The van der Waals surface area contributed by atoms with E-state index in [-0.39, 0.29) is 6.10 Å². The van der Waals surface area contributed by atoms with Crippen molar-refractivity contribution in [2.75, 3.05) is 26.0 Å². The van der Waals surface area contributed by atoms with E-state index in [1.807, 2.05) is 7.05 Å². The van der Waals surface area contributed by atoms with E-state index in [1.165, 1.54) is 11.1 Å². The second-order valence-electron chi connectivity index (χ2n) is 5.08. The number of nitrogens with one attached hydrogen (secondary N) is 1. The van der Waals surface area contributed by atoms with Crippen molar-refractivity contribution in [3.05, 3.63) is 35.4 Å². The third-order valence-corrected chi connectivity index (χ3v) is 4.69. The van der Waals surface area contributed by atoms with Crippen LogP contribution in [-0.4, -0.2) is 37.3 Å². The normalized spacial score (nSPS) is 27.9. The predicted octanol–water partition coefficient (Wildman–Crippen LogP) is 2.36. The van der Waals surface area contributed by atoms with Gasteiger partial charge in [-0.1, -0.05) is 36.0 Å². The summed E-state index contributed by atoms with van der Waals surface area (Å²) in [6, 6.07) is 8.97. The van der Waals surface area contributed by atoms with E-state index in [9.17, 15) is 0 Å². The van der Waals surface area contributed by atoms with Gasteiger partial charge in [0.25, 0.3) is 0 Å². The Morgan fingerprint density at radius 3 is 3.20 bits per heavy atom. The monoisotopic (exact) mass is 292 g/mol. The number of rotatable bonds is 4. The van der Waals surface area contributed by atoms with Gasteiger partial charge in [-0.25, -0.2) is 0 Å². The van der Waals surface area contributed by atoms with E-state index in [4.69, 9.17) is 9.47 Å². The van der Waals surface area contributed by atoms with Gasteiger partial charge >= 0.3 is 0 Å². The average molecular weight is 292 g/mol. The minimum absolute atomic E-state index is 0.262. The highest BCUT2D eigenvalue weighted by Gasteiger charge is 2.21. The lowest BCUT2D eigenvalue weighted by atomic mass is 10.1. The van der Waals surface area contributed by atoms with E-state index in [1.54, 1.807) is 11.8 Å². The lowest BCUT2D eigenvalue weighted by Gasteiger charge is -2.13. The zero-order chi connectivity index (χ0) is 13.8. The first kappa shape index (κ1) is 13.9. The molecule has 0 amide bonds. The van der Waals surface area contributed by atoms with Crippen LogP contribution < -0.4 is 5.32 Å². The van der Waals surface area contributed by atoms with Gasteiger partial charge in [0, 0.05) is 19.4 Å². The fourth-order valence-corrected chi connectivity index (χ4v) is 3.42. The molecule has 0 aliphatic carbocycles. The fourth-order valence-electron chi connectivity index (χ4n) is 2.46. The van der Waals surface area contributed by atoms with Gasteiger partial charge < -0.3 is 14.8 Å². The van der Waals surface area contributed by atoms with Crippen LogP contribution in [0.1, 0.15) is 23.6 Å². The second kappa shape index (κ2) is 6.61. The maximum absolute atomic E-state index is 5.87. The van der Waals surface area contributed by atoms with Crippen LogP contribution in [-0.2, 0) is 16.1 Å². The van der Waals surface area contributed by atoms with Crippen molar-refractivity contribution in [2.45, 2.75) is 25.2 Å². The number of thioether (sulfide) groups is 1. The van der Waals surface area contributed by atoms with Gasteiger partial charge in [0.15, 0.2) is 5.17 Å². The molecular weight excluding hydrogens is 272 g/mol. The molecule has 0 saturated carbocycles. The first-order valence-electron chi connectivity index (χ1n) is 6.99. The minimum Gasteiger partial charge on any atom is -0.379 e. The Morgan fingerprint density at radius 2 is 2.45 bits per heavy atom. The maximum atomic E-state index is 5.87. The van der Waals surface area contributed by atoms with Crippen molar-refractivity contribution in [3.8, 4) is 0 Å². The molecule has 2 heterocycles. The van der Waals surface area contributed by atoms with Crippen molar-refractivity contribution in [1.82, 2.24) is 5.32 Å². The molecule has 0 aromatic heterocycles. The van der Waals surface area contributed by atoms with Crippen LogP contribution in [0.3, 0.4) is 0 Å². The number of nitrogens with zero attached hydrogens (tertiary/aromatic N) is 1. The van der Waals surface area contributed by atoms with Crippen LogP contribution >= 0.6 is 11.8 Å². The Kier molecular flexibility index (Phi) is 4.60. The van der Waals surface area contributed by atoms with Crippen LogP contribution in [0.15, 0.2) is 29.3 Å². The number of hydrogen-bond donors (Lipinski definition) is 1. The second-order valence-corrected chi connectivity index (χ2v) is 6.09. The van der Waals surface area contributed by atoms with Crippen molar-refractivity contribution in [1.29, 1.82) is 0 Å². The highest BCUT2D eigenvalue weighted by atomic mass is 32.2. The summed E-state index contributed by atoms with van der Waals surface area (Å²) in [5.41, 5.74) is 2.53. The molecule has 3 rings (SSSR count). The Bertz CT molecular complexity index is 487. The summed E-state index contributed by atoms with van der Waals surface area (Å²) in [5, 5.41) is 4.46. The van der Waals surface area contributed by atoms with Crippen molar-refractivity contribution < 1.29 is 9.47 Å². The molecule has 0 radical (unpaired) electrons. The number of amidine groups is 1. The zero-order valence-electron chi connectivity index (χ0n) is 11.7. The van der Waals surface area contributed by atoms with Gasteiger partial charge in [0.2, 0.25) is 0 Å². The van der Waals surface area contributed by atoms with E-state index in [2.05, 4.69) is 34.6 Å². The maximum Gasteiger partial charge on any atom is 0.156 e. The molecule has 2 aliphatic rings. The molecule has 2 saturated heterocycles. The highest BCUT2D eigenvalue weighted by molar-refractivity contribution is 8.14. The third kappa shape index (κ3) is 3.34. The average Bonchev–Trinajstić information content (AvgIpc) is 3.16. The largest absolute Gasteiger partial charge is 0.379 e. The highest BCUT2D eigenvalue weighted by Crippen LogP contribution is 2.26. The summed E-state index contributed by atoms with van der Waals surface area (Å²) in [7, 11) is 1.83. The number of ether oxygens (including phenoxy) is 2. The first-order chi connectivity index (χ1) is 9.85. The standard InChI is InChI=1S/C15H20N2O2S/c1-16-15-17-14(10-20-15)12-4-2-3-11(7-12)8-19-13-5-6-18-9-13/h2-4,7,13-14H,5-6,8-10H2,1H3,(H,16,17). The zero-order valence-corrected chi connectivity index (χ0v) is 12.5. The molecule has 1 aromatic carbocycles. The fraction of sp³-hybridized carbons (Fsp3) is 0.533. The Balaban J connectivity index is 1.60. The summed E-state index contributed by atoms with van der Waals surface area (Å²) in [6.45, 7) is 2.22. The van der Waals surface area contributed by atoms with Gasteiger partial charge in [-0.2, -0.15) is 0 Å². The van der Waals surface area contributed by atoms with Crippen LogP contribution in [0.2, 0.25) is 0 Å². The van der Waals surface area contributed by atoms with E-state index < -0.39 is 0 Å². The summed E-state index contributed by atoms with van der Waals surface area (Å²) in [4.78, 5) is 4.20. The van der Waals surface area contributed by atoms with Gasteiger partial charge in [0.05, 0.1) is 25.4 Å². The van der Waals surface area contributed by atoms with Crippen molar-refractivity contribution in [3.63, 3.8) is 0 Å². The van der Waals surface area contributed by atoms with Crippen LogP contribution in [0.4, 0.5) is 0 Å². The molecule has 20 heavy (non-hydrogen) atoms. The van der Waals surface area contributed by atoms with Crippen molar-refractivity contribution in [2.24, 2.45) is 4.99 Å². The Morgan fingerprint density at radius 1 is 1.50 bits per heavy atom. The van der Waals surface area contributed by atoms with E-state index >= 15 is 0 Å². The van der Waals surface area contributed by atoms with Crippen LogP contribution in [0, 0.1) is 0 Å². The molecule has 5 heteroatoms. The van der Waals surface area contributed by atoms with Crippen LogP contribution in [0.25, 0.3) is 0 Å².